The number of aromatic hydroxyl groups is 1. The van der Waals surface area contributed by atoms with Crippen LogP contribution in [0, 0.1) is 0 Å². The molecule has 2 aromatic carbocycles. The van der Waals surface area contributed by atoms with Gasteiger partial charge in [0.25, 0.3) is 0 Å². The molecule has 24 heavy (non-hydrogen) atoms. The van der Waals surface area contributed by atoms with Gasteiger partial charge in [0.05, 0.1) is 17.8 Å². The summed E-state index contributed by atoms with van der Waals surface area (Å²) in [6.07, 6.45) is 1.90. The van der Waals surface area contributed by atoms with E-state index in [0.29, 0.717) is 5.47 Å². The highest BCUT2D eigenvalue weighted by atomic mass is 16.7. The van der Waals surface area contributed by atoms with Gasteiger partial charge in [-0.2, -0.15) is 0 Å². The van der Waals surface area contributed by atoms with E-state index in [1.54, 1.807) is 12.1 Å². The van der Waals surface area contributed by atoms with Gasteiger partial charge in [0.1, 0.15) is 5.75 Å². The van der Waals surface area contributed by atoms with Gasteiger partial charge >= 0.3 is 7.12 Å². The van der Waals surface area contributed by atoms with Crippen LogP contribution in [0.3, 0.4) is 0 Å². The maximum absolute atomic E-state index is 9.78. The first-order valence-corrected chi connectivity index (χ1v) is 8.12. The molecule has 126 valence electrons. The van der Waals surface area contributed by atoms with Crippen molar-refractivity contribution >= 4 is 24.0 Å². The van der Waals surface area contributed by atoms with Gasteiger partial charge in [-0.25, -0.2) is 0 Å². The van der Waals surface area contributed by atoms with Crippen LogP contribution in [0.4, 0.5) is 0 Å². The number of fused-ring (bicyclic) bond motifs is 1. The standard InChI is InChI=1S/C19H23BO4/c1-18(2)19(3,4)24-20(23-18)16(12-21)10-13-5-6-15-11-17(22)8-7-14(15)9-13/h5-11,21-22H,12H2,1-4H3. The average Bonchev–Trinajstić information content (AvgIpc) is 2.73. The summed E-state index contributed by atoms with van der Waals surface area (Å²) < 4.78 is 12.0. The normalized spacial score (nSPS) is 19.9. The minimum Gasteiger partial charge on any atom is -0.508 e. The lowest BCUT2D eigenvalue weighted by atomic mass is 9.77. The summed E-state index contributed by atoms with van der Waals surface area (Å²) in [6, 6.07) is 11.2. The zero-order valence-corrected chi connectivity index (χ0v) is 14.5. The van der Waals surface area contributed by atoms with Crippen molar-refractivity contribution in [2.24, 2.45) is 0 Å². The Balaban J connectivity index is 1.92. The fraction of sp³-hybridized carbons (Fsp3) is 0.368. The molecule has 2 aromatic rings. The van der Waals surface area contributed by atoms with Crippen LogP contribution in [0.15, 0.2) is 41.9 Å². The number of hydrogen-bond acceptors (Lipinski definition) is 4. The predicted octanol–water partition coefficient (Wildman–Crippen LogP) is 3.55. The largest absolute Gasteiger partial charge is 0.508 e. The lowest BCUT2D eigenvalue weighted by molar-refractivity contribution is 0.00578. The molecule has 1 aliphatic heterocycles. The SMILES string of the molecule is CC1(C)OB(C(=Cc2ccc3cc(O)ccc3c2)CO)OC1(C)C. The highest BCUT2D eigenvalue weighted by molar-refractivity contribution is 6.55. The summed E-state index contributed by atoms with van der Waals surface area (Å²) in [6.45, 7) is 7.83. The second kappa shape index (κ2) is 5.92. The van der Waals surface area contributed by atoms with E-state index in [1.165, 1.54) is 0 Å². The maximum Gasteiger partial charge on any atom is 0.492 e. The summed E-state index contributed by atoms with van der Waals surface area (Å²) >= 11 is 0. The van der Waals surface area contributed by atoms with Gasteiger partial charge in [-0.3, -0.25) is 0 Å². The third-order valence-corrected chi connectivity index (χ3v) is 4.94. The van der Waals surface area contributed by atoms with Crippen LogP contribution in [0.1, 0.15) is 33.3 Å². The molecule has 1 aliphatic rings. The number of benzene rings is 2. The van der Waals surface area contributed by atoms with Crippen LogP contribution < -0.4 is 0 Å². The van der Waals surface area contributed by atoms with Crippen molar-refractivity contribution in [2.45, 2.75) is 38.9 Å². The van der Waals surface area contributed by atoms with Crippen molar-refractivity contribution in [2.75, 3.05) is 6.61 Å². The molecular weight excluding hydrogens is 303 g/mol. The van der Waals surface area contributed by atoms with E-state index in [1.807, 2.05) is 58.0 Å². The Kier molecular flexibility index (Phi) is 4.20. The van der Waals surface area contributed by atoms with Gasteiger partial charge in [0, 0.05) is 0 Å². The van der Waals surface area contributed by atoms with Crippen molar-refractivity contribution in [3.8, 4) is 5.75 Å². The molecular formula is C19H23BO4. The first-order valence-electron chi connectivity index (χ1n) is 8.12. The quantitative estimate of drug-likeness (QED) is 0.847. The Labute approximate surface area is 142 Å². The minimum absolute atomic E-state index is 0.134. The van der Waals surface area contributed by atoms with Gasteiger partial charge in [0.2, 0.25) is 0 Å². The zero-order chi connectivity index (χ0) is 17.5. The smallest absolute Gasteiger partial charge is 0.492 e. The Morgan fingerprint density at radius 1 is 1.00 bits per heavy atom. The number of phenols is 1. The number of rotatable bonds is 3. The number of hydrogen-bond donors (Lipinski definition) is 2. The molecule has 0 aromatic heterocycles. The molecule has 4 nitrogen and oxygen atoms in total. The lowest BCUT2D eigenvalue weighted by Gasteiger charge is -2.32. The number of phenolic OH excluding ortho intramolecular Hbond substituents is 1. The van der Waals surface area contributed by atoms with Crippen LogP contribution in [-0.4, -0.2) is 35.1 Å². The van der Waals surface area contributed by atoms with E-state index in [9.17, 15) is 10.2 Å². The topological polar surface area (TPSA) is 58.9 Å². The highest BCUT2D eigenvalue weighted by Crippen LogP contribution is 2.38. The second-order valence-corrected chi connectivity index (χ2v) is 7.26. The fourth-order valence-corrected chi connectivity index (χ4v) is 2.74. The molecule has 1 saturated heterocycles. The minimum atomic E-state index is -0.560. The molecule has 0 atom stereocenters. The Bertz CT molecular complexity index is 779. The molecule has 0 amide bonds. The summed E-state index contributed by atoms with van der Waals surface area (Å²) in [7, 11) is -0.560. The molecule has 3 rings (SSSR count). The Morgan fingerprint density at radius 2 is 1.58 bits per heavy atom. The van der Waals surface area contributed by atoms with Crippen LogP contribution in [0.2, 0.25) is 0 Å². The molecule has 0 unspecified atom stereocenters. The van der Waals surface area contributed by atoms with Gasteiger partial charge in [0.15, 0.2) is 0 Å². The Morgan fingerprint density at radius 3 is 2.21 bits per heavy atom. The van der Waals surface area contributed by atoms with Crippen molar-refractivity contribution in [3.05, 3.63) is 47.4 Å². The van der Waals surface area contributed by atoms with Crippen molar-refractivity contribution in [1.82, 2.24) is 0 Å². The summed E-state index contributed by atoms with van der Waals surface area (Å²) in [5, 5.41) is 21.3. The van der Waals surface area contributed by atoms with Crippen LogP contribution >= 0.6 is 0 Å². The maximum atomic E-state index is 9.78. The van der Waals surface area contributed by atoms with Crippen molar-refractivity contribution in [3.63, 3.8) is 0 Å². The van der Waals surface area contributed by atoms with E-state index in [2.05, 4.69) is 0 Å². The lowest BCUT2D eigenvalue weighted by Crippen LogP contribution is -2.41. The van der Waals surface area contributed by atoms with Crippen molar-refractivity contribution in [1.29, 1.82) is 0 Å². The monoisotopic (exact) mass is 326 g/mol. The molecule has 0 saturated carbocycles. The van der Waals surface area contributed by atoms with Gasteiger partial charge in [-0.05, 0) is 67.7 Å². The third-order valence-electron chi connectivity index (χ3n) is 4.94. The molecule has 0 aliphatic carbocycles. The molecule has 0 bridgehead atoms. The van der Waals surface area contributed by atoms with Gasteiger partial charge < -0.3 is 19.5 Å². The van der Waals surface area contributed by atoms with Crippen LogP contribution in [0.25, 0.3) is 16.8 Å². The van der Waals surface area contributed by atoms with E-state index in [-0.39, 0.29) is 12.4 Å². The number of aliphatic hydroxyl groups excluding tert-OH is 1. The van der Waals surface area contributed by atoms with E-state index in [4.69, 9.17) is 9.31 Å². The molecule has 1 heterocycles. The van der Waals surface area contributed by atoms with Gasteiger partial charge in [-0.15, -0.1) is 0 Å². The van der Waals surface area contributed by atoms with E-state index >= 15 is 0 Å². The fourth-order valence-electron chi connectivity index (χ4n) is 2.74. The molecule has 0 radical (unpaired) electrons. The predicted molar refractivity (Wildman–Crippen MR) is 96.8 cm³/mol. The first-order chi connectivity index (χ1) is 11.2. The van der Waals surface area contributed by atoms with E-state index < -0.39 is 18.3 Å². The molecule has 1 fully saturated rings. The van der Waals surface area contributed by atoms with Crippen LogP contribution in [-0.2, 0) is 9.31 Å². The van der Waals surface area contributed by atoms with Crippen molar-refractivity contribution < 1.29 is 19.5 Å². The molecule has 5 heteroatoms. The average molecular weight is 326 g/mol. The second-order valence-electron chi connectivity index (χ2n) is 7.26. The van der Waals surface area contributed by atoms with E-state index in [0.717, 1.165) is 16.3 Å². The Hall–Kier alpha value is -1.82. The van der Waals surface area contributed by atoms with Gasteiger partial charge in [-0.1, -0.05) is 24.3 Å². The molecule has 2 N–H and O–H groups in total. The zero-order valence-electron chi connectivity index (χ0n) is 14.5. The van der Waals surface area contributed by atoms with Crippen LogP contribution in [0.5, 0.6) is 5.75 Å². The first kappa shape index (κ1) is 17.0. The molecule has 0 spiro atoms. The third kappa shape index (κ3) is 3.07. The summed E-state index contributed by atoms with van der Waals surface area (Å²) in [5.74, 6) is 0.249. The summed E-state index contributed by atoms with van der Waals surface area (Å²) in [5.41, 5.74) is 0.762. The highest BCUT2D eigenvalue weighted by Gasteiger charge is 2.52. The summed E-state index contributed by atoms with van der Waals surface area (Å²) in [4.78, 5) is 0. The number of aliphatic hydroxyl groups is 1.